The van der Waals surface area contributed by atoms with Crippen LogP contribution in [0.5, 0.6) is 0 Å². The summed E-state index contributed by atoms with van der Waals surface area (Å²) in [5, 5.41) is 4.56. The lowest BCUT2D eigenvalue weighted by Crippen LogP contribution is -2.11. The molecule has 1 amide bonds. The number of amides is 1. The average molecular weight is 349 g/mol. The molecule has 0 radical (unpaired) electrons. The topological polar surface area (TPSA) is 29.1 Å². The Balaban J connectivity index is 2.24. The molecule has 6 heteroatoms. The molecule has 0 atom stereocenters. The van der Waals surface area contributed by atoms with Crippen molar-refractivity contribution in [1.29, 1.82) is 0 Å². The van der Waals surface area contributed by atoms with Gasteiger partial charge in [0.1, 0.15) is 5.82 Å². The van der Waals surface area contributed by atoms with Crippen molar-refractivity contribution < 1.29 is 9.18 Å². The van der Waals surface area contributed by atoms with E-state index in [0.29, 0.717) is 16.8 Å². The summed E-state index contributed by atoms with van der Waals surface area (Å²) in [5.41, 5.74) is 1.37. The third kappa shape index (κ3) is 2.91. The molecule has 0 fully saturated rings. The molecular formula is C12H8BrClFNOS. The van der Waals surface area contributed by atoms with E-state index in [2.05, 4.69) is 21.2 Å². The maximum absolute atomic E-state index is 13.2. The van der Waals surface area contributed by atoms with Crippen molar-refractivity contribution in [1.82, 2.24) is 0 Å². The lowest BCUT2D eigenvalue weighted by atomic mass is 10.2. The molecule has 0 spiro atoms. The molecule has 2 rings (SSSR count). The van der Waals surface area contributed by atoms with E-state index in [-0.39, 0.29) is 10.9 Å². The van der Waals surface area contributed by atoms with Gasteiger partial charge in [0.05, 0.1) is 20.1 Å². The van der Waals surface area contributed by atoms with Crippen LogP contribution in [0, 0.1) is 12.7 Å². The molecule has 0 saturated heterocycles. The monoisotopic (exact) mass is 347 g/mol. The van der Waals surface area contributed by atoms with Crippen molar-refractivity contribution in [3.63, 3.8) is 0 Å². The van der Waals surface area contributed by atoms with E-state index in [1.165, 1.54) is 23.5 Å². The molecule has 1 heterocycles. The zero-order valence-electron chi connectivity index (χ0n) is 9.26. The van der Waals surface area contributed by atoms with E-state index in [0.717, 1.165) is 3.79 Å². The molecule has 0 saturated carbocycles. The van der Waals surface area contributed by atoms with Crippen LogP contribution in [-0.2, 0) is 0 Å². The molecular weight excluding hydrogens is 341 g/mol. The van der Waals surface area contributed by atoms with Crippen LogP contribution < -0.4 is 5.32 Å². The summed E-state index contributed by atoms with van der Waals surface area (Å²) < 4.78 is 14.1. The van der Waals surface area contributed by atoms with Gasteiger partial charge < -0.3 is 5.32 Å². The molecule has 2 aromatic rings. The van der Waals surface area contributed by atoms with E-state index >= 15 is 0 Å². The number of thiophene rings is 1. The van der Waals surface area contributed by atoms with Crippen LogP contribution in [0.1, 0.15) is 15.9 Å². The molecule has 0 unspecified atom stereocenters. The summed E-state index contributed by atoms with van der Waals surface area (Å²) >= 11 is 10.6. The highest BCUT2D eigenvalue weighted by Crippen LogP contribution is 2.27. The molecule has 2 nitrogen and oxygen atoms in total. The second-order valence-electron chi connectivity index (χ2n) is 3.67. The van der Waals surface area contributed by atoms with Gasteiger partial charge in [0.25, 0.3) is 5.91 Å². The minimum Gasteiger partial charge on any atom is -0.321 e. The van der Waals surface area contributed by atoms with Crippen LogP contribution >= 0.6 is 38.9 Å². The van der Waals surface area contributed by atoms with Gasteiger partial charge in [-0.2, -0.15) is 0 Å². The van der Waals surface area contributed by atoms with Gasteiger partial charge in [-0.25, -0.2) is 4.39 Å². The largest absolute Gasteiger partial charge is 0.321 e. The second kappa shape index (κ2) is 5.38. The quantitative estimate of drug-likeness (QED) is 0.824. The van der Waals surface area contributed by atoms with Gasteiger partial charge >= 0.3 is 0 Å². The molecule has 0 aliphatic rings. The summed E-state index contributed by atoms with van der Waals surface area (Å²) in [6, 6.07) is 4.41. The highest BCUT2D eigenvalue weighted by molar-refractivity contribution is 9.11. The minimum absolute atomic E-state index is 0.181. The maximum Gasteiger partial charge on any atom is 0.256 e. The van der Waals surface area contributed by atoms with E-state index in [1.54, 1.807) is 18.4 Å². The highest BCUT2D eigenvalue weighted by Gasteiger charge is 2.12. The Hall–Kier alpha value is -0.910. The van der Waals surface area contributed by atoms with E-state index in [4.69, 9.17) is 11.6 Å². The summed E-state index contributed by atoms with van der Waals surface area (Å²) in [5.74, 6) is -0.666. The lowest BCUT2D eigenvalue weighted by molar-refractivity contribution is 0.102. The highest BCUT2D eigenvalue weighted by atomic mass is 79.9. The van der Waals surface area contributed by atoms with Crippen molar-refractivity contribution >= 4 is 50.5 Å². The fraction of sp³-hybridized carbons (Fsp3) is 0.0833. The molecule has 1 N–H and O–H groups in total. The number of hydrogen-bond donors (Lipinski definition) is 1. The molecule has 18 heavy (non-hydrogen) atoms. The van der Waals surface area contributed by atoms with Crippen molar-refractivity contribution in [3.8, 4) is 0 Å². The lowest BCUT2D eigenvalue weighted by Gasteiger charge is -2.08. The van der Waals surface area contributed by atoms with Gasteiger partial charge in [0, 0.05) is 5.38 Å². The fourth-order valence-electron chi connectivity index (χ4n) is 1.38. The first-order valence-corrected chi connectivity index (χ1v) is 7.03. The van der Waals surface area contributed by atoms with E-state index < -0.39 is 5.82 Å². The van der Waals surface area contributed by atoms with Gasteiger partial charge in [-0.05, 0) is 46.6 Å². The Morgan fingerprint density at radius 1 is 1.44 bits per heavy atom. The van der Waals surface area contributed by atoms with Crippen LogP contribution in [0.2, 0.25) is 5.02 Å². The number of carbonyl (C=O) groups excluding carboxylic acids is 1. The van der Waals surface area contributed by atoms with Crippen LogP contribution in [0.4, 0.5) is 10.1 Å². The van der Waals surface area contributed by atoms with Crippen LogP contribution in [0.25, 0.3) is 0 Å². The number of rotatable bonds is 2. The molecule has 1 aromatic carbocycles. The molecule has 0 bridgehead atoms. The molecule has 0 aliphatic heterocycles. The van der Waals surface area contributed by atoms with E-state index in [9.17, 15) is 9.18 Å². The third-order valence-corrected chi connectivity index (χ3v) is 4.14. The number of benzene rings is 1. The van der Waals surface area contributed by atoms with Crippen LogP contribution in [0.15, 0.2) is 27.4 Å². The summed E-state index contributed by atoms with van der Waals surface area (Å²) in [7, 11) is 0. The van der Waals surface area contributed by atoms with Gasteiger partial charge in [0.2, 0.25) is 0 Å². The Bertz CT molecular complexity index is 614. The van der Waals surface area contributed by atoms with Gasteiger partial charge in [-0.3, -0.25) is 4.79 Å². The Kier molecular flexibility index (Phi) is 4.04. The van der Waals surface area contributed by atoms with Crippen molar-refractivity contribution in [2.75, 3.05) is 5.32 Å². The number of anilines is 1. The maximum atomic E-state index is 13.2. The molecule has 94 valence electrons. The number of hydrogen-bond acceptors (Lipinski definition) is 2. The second-order valence-corrected chi connectivity index (χ2v) is 6.37. The SMILES string of the molecule is Cc1cc(NC(=O)c2csc(Br)c2)c(Cl)cc1F. The summed E-state index contributed by atoms with van der Waals surface area (Å²) in [4.78, 5) is 11.9. The smallest absolute Gasteiger partial charge is 0.256 e. The van der Waals surface area contributed by atoms with Crippen LogP contribution in [-0.4, -0.2) is 5.91 Å². The minimum atomic E-state index is -0.392. The first-order valence-electron chi connectivity index (χ1n) is 4.98. The Morgan fingerprint density at radius 3 is 2.78 bits per heavy atom. The zero-order valence-corrected chi connectivity index (χ0v) is 12.4. The van der Waals surface area contributed by atoms with Crippen molar-refractivity contribution in [2.45, 2.75) is 6.92 Å². The third-order valence-electron chi connectivity index (χ3n) is 2.33. The normalized spacial score (nSPS) is 10.4. The standard InChI is InChI=1S/C12H8BrClFNOS/c1-6-2-10(8(14)4-9(6)15)16-12(17)7-3-11(13)18-5-7/h2-5H,1H3,(H,16,17). The van der Waals surface area contributed by atoms with E-state index in [1.807, 2.05) is 0 Å². The molecule has 0 aliphatic carbocycles. The van der Waals surface area contributed by atoms with Gasteiger partial charge in [-0.1, -0.05) is 11.6 Å². The van der Waals surface area contributed by atoms with Gasteiger partial charge in [-0.15, -0.1) is 11.3 Å². The predicted octanol–water partition coefficient (Wildman–Crippen LogP) is 4.86. The predicted molar refractivity (Wildman–Crippen MR) is 76.1 cm³/mol. The molecule has 1 aromatic heterocycles. The Morgan fingerprint density at radius 2 is 2.17 bits per heavy atom. The Labute approximate surface area is 121 Å². The number of halogens is 3. The van der Waals surface area contributed by atoms with Crippen LogP contribution in [0.3, 0.4) is 0 Å². The number of aryl methyl sites for hydroxylation is 1. The van der Waals surface area contributed by atoms with Crippen molar-refractivity contribution in [2.24, 2.45) is 0 Å². The zero-order chi connectivity index (χ0) is 13.3. The number of nitrogens with one attached hydrogen (secondary N) is 1. The van der Waals surface area contributed by atoms with Crippen molar-refractivity contribution in [3.05, 3.63) is 49.3 Å². The number of carbonyl (C=O) groups is 1. The average Bonchev–Trinajstić information content (AvgIpc) is 2.73. The summed E-state index contributed by atoms with van der Waals surface area (Å²) in [6.07, 6.45) is 0. The summed E-state index contributed by atoms with van der Waals surface area (Å²) in [6.45, 7) is 1.61. The fourth-order valence-corrected chi connectivity index (χ4v) is 2.71. The first kappa shape index (κ1) is 13.5. The first-order chi connectivity index (χ1) is 8.47. The van der Waals surface area contributed by atoms with Gasteiger partial charge in [0.15, 0.2) is 0 Å².